The number of phenolic OH excluding ortho intramolecular Hbond substituents is 2. The molecule has 2 aromatic carbocycles. The lowest BCUT2D eigenvalue weighted by Crippen LogP contribution is -1.88. The molecule has 0 fully saturated rings. The van der Waals surface area contributed by atoms with Crippen molar-refractivity contribution in [2.75, 3.05) is 5.32 Å². The third kappa shape index (κ3) is 2.73. The van der Waals surface area contributed by atoms with Gasteiger partial charge in [0.1, 0.15) is 11.5 Å². The van der Waals surface area contributed by atoms with Gasteiger partial charge in [0.05, 0.1) is 5.69 Å². The molecule has 3 rings (SSSR count). The van der Waals surface area contributed by atoms with Crippen molar-refractivity contribution in [3.05, 3.63) is 53.9 Å². The maximum absolute atomic E-state index is 9.48. The summed E-state index contributed by atoms with van der Waals surface area (Å²) in [6.07, 6.45) is 0. The van der Waals surface area contributed by atoms with E-state index in [0.29, 0.717) is 0 Å². The van der Waals surface area contributed by atoms with Crippen LogP contribution in [0.15, 0.2) is 53.9 Å². The van der Waals surface area contributed by atoms with Gasteiger partial charge in [-0.2, -0.15) is 0 Å². The van der Waals surface area contributed by atoms with Crippen LogP contribution in [0.5, 0.6) is 11.5 Å². The predicted octanol–water partition coefficient (Wildman–Crippen LogP) is 3.96. The van der Waals surface area contributed by atoms with E-state index in [9.17, 15) is 10.2 Å². The Labute approximate surface area is 120 Å². The lowest BCUT2D eigenvalue weighted by atomic mass is 10.2. The van der Waals surface area contributed by atoms with Gasteiger partial charge in [0.25, 0.3) is 0 Å². The Morgan fingerprint density at radius 1 is 0.950 bits per heavy atom. The van der Waals surface area contributed by atoms with Crippen molar-refractivity contribution >= 4 is 22.2 Å². The average molecular weight is 284 g/mol. The molecule has 20 heavy (non-hydrogen) atoms. The van der Waals surface area contributed by atoms with Gasteiger partial charge in [-0.1, -0.05) is 12.1 Å². The number of nitrogens with zero attached hydrogens (tertiary/aromatic N) is 1. The minimum Gasteiger partial charge on any atom is -0.508 e. The third-order valence-electron chi connectivity index (χ3n) is 2.76. The summed E-state index contributed by atoms with van der Waals surface area (Å²) in [5.74, 6) is 0.457. The van der Waals surface area contributed by atoms with Crippen LogP contribution in [0, 0.1) is 0 Å². The molecule has 3 N–H and O–H groups in total. The Kier molecular flexibility index (Phi) is 3.26. The molecule has 0 radical (unpaired) electrons. The van der Waals surface area contributed by atoms with Crippen LogP contribution in [0.25, 0.3) is 11.3 Å². The average Bonchev–Trinajstić information content (AvgIpc) is 2.90. The summed E-state index contributed by atoms with van der Waals surface area (Å²) in [6, 6.07) is 13.8. The van der Waals surface area contributed by atoms with Crippen LogP contribution in [-0.2, 0) is 0 Å². The minimum absolute atomic E-state index is 0.226. The molecular weight excluding hydrogens is 272 g/mol. The topological polar surface area (TPSA) is 65.4 Å². The number of phenols is 2. The summed E-state index contributed by atoms with van der Waals surface area (Å²) in [5.41, 5.74) is 2.55. The molecule has 4 nitrogen and oxygen atoms in total. The smallest absolute Gasteiger partial charge is 0.187 e. The Morgan fingerprint density at radius 3 is 2.50 bits per heavy atom. The molecule has 3 aromatic rings. The molecule has 100 valence electrons. The highest BCUT2D eigenvalue weighted by Crippen LogP contribution is 2.29. The quantitative estimate of drug-likeness (QED) is 0.637. The number of hydrogen-bond acceptors (Lipinski definition) is 5. The van der Waals surface area contributed by atoms with Gasteiger partial charge in [-0.05, 0) is 36.4 Å². The van der Waals surface area contributed by atoms with Crippen molar-refractivity contribution < 1.29 is 10.2 Å². The van der Waals surface area contributed by atoms with E-state index in [1.165, 1.54) is 11.3 Å². The van der Waals surface area contributed by atoms with Crippen LogP contribution in [0.3, 0.4) is 0 Å². The summed E-state index contributed by atoms with van der Waals surface area (Å²) < 4.78 is 0. The lowest BCUT2D eigenvalue weighted by Gasteiger charge is -2.02. The maximum Gasteiger partial charge on any atom is 0.187 e. The number of aromatic nitrogens is 1. The van der Waals surface area contributed by atoms with Gasteiger partial charge in [0.15, 0.2) is 5.13 Å². The molecule has 0 aliphatic carbocycles. The second kappa shape index (κ2) is 5.22. The molecule has 0 saturated heterocycles. The zero-order valence-corrected chi connectivity index (χ0v) is 11.3. The Bertz CT molecular complexity index is 723. The van der Waals surface area contributed by atoms with E-state index in [1.54, 1.807) is 42.5 Å². The molecule has 0 spiro atoms. The molecule has 1 aromatic heterocycles. The van der Waals surface area contributed by atoms with E-state index in [4.69, 9.17) is 0 Å². The monoisotopic (exact) mass is 284 g/mol. The van der Waals surface area contributed by atoms with Gasteiger partial charge in [0, 0.05) is 16.6 Å². The maximum atomic E-state index is 9.48. The molecule has 0 bridgehead atoms. The predicted molar refractivity (Wildman–Crippen MR) is 80.6 cm³/mol. The van der Waals surface area contributed by atoms with Crippen molar-refractivity contribution in [1.29, 1.82) is 0 Å². The molecule has 0 unspecified atom stereocenters. The number of hydrogen-bond donors (Lipinski definition) is 3. The first-order valence-electron chi connectivity index (χ1n) is 6.02. The number of thiazole rings is 1. The van der Waals surface area contributed by atoms with Crippen molar-refractivity contribution in [3.8, 4) is 22.8 Å². The Morgan fingerprint density at radius 2 is 1.75 bits per heavy atom. The van der Waals surface area contributed by atoms with Crippen molar-refractivity contribution in [2.24, 2.45) is 0 Å². The van der Waals surface area contributed by atoms with Crippen LogP contribution < -0.4 is 5.32 Å². The first-order valence-corrected chi connectivity index (χ1v) is 6.90. The fraction of sp³-hybridized carbons (Fsp3) is 0. The van der Waals surface area contributed by atoms with E-state index >= 15 is 0 Å². The van der Waals surface area contributed by atoms with Crippen molar-refractivity contribution in [2.45, 2.75) is 0 Å². The first kappa shape index (κ1) is 12.5. The fourth-order valence-electron chi connectivity index (χ4n) is 1.80. The van der Waals surface area contributed by atoms with E-state index < -0.39 is 0 Å². The second-order valence-corrected chi connectivity index (χ2v) is 5.12. The van der Waals surface area contributed by atoms with Gasteiger partial charge in [-0.25, -0.2) is 4.98 Å². The van der Waals surface area contributed by atoms with Gasteiger partial charge in [0.2, 0.25) is 0 Å². The van der Waals surface area contributed by atoms with E-state index in [1.807, 2.05) is 11.4 Å². The third-order valence-corrected chi connectivity index (χ3v) is 3.52. The molecule has 1 heterocycles. The summed E-state index contributed by atoms with van der Waals surface area (Å²) in [6.45, 7) is 0. The number of aromatic hydroxyl groups is 2. The fourth-order valence-corrected chi connectivity index (χ4v) is 2.54. The molecule has 0 aliphatic rings. The SMILES string of the molecule is Oc1ccc(Nc2nc(-c3cccc(O)c3)cs2)cc1. The highest BCUT2D eigenvalue weighted by Gasteiger charge is 2.05. The molecule has 0 atom stereocenters. The largest absolute Gasteiger partial charge is 0.508 e. The summed E-state index contributed by atoms with van der Waals surface area (Å²) >= 11 is 1.48. The standard InChI is InChI=1S/C15H12N2O2S/c18-12-6-4-11(5-7-12)16-15-17-14(9-20-15)10-2-1-3-13(19)8-10/h1-9,18-19H,(H,16,17). The molecule has 0 amide bonds. The van der Waals surface area contributed by atoms with Crippen LogP contribution in [0.1, 0.15) is 0 Å². The number of benzene rings is 2. The van der Waals surface area contributed by atoms with Crippen LogP contribution in [-0.4, -0.2) is 15.2 Å². The van der Waals surface area contributed by atoms with Crippen LogP contribution >= 0.6 is 11.3 Å². The molecule has 5 heteroatoms. The highest BCUT2D eigenvalue weighted by atomic mass is 32.1. The second-order valence-electron chi connectivity index (χ2n) is 4.26. The number of rotatable bonds is 3. The minimum atomic E-state index is 0.226. The van der Waals surface area contributed by atoms with E-state index in [2.05, 4.69) is 10.3 Å². The zero-order valence-electron chi connectivity index (χ0n) is 10.4. The summed E-state index contributed by atoms with van der Waals surface area (Å²) in [4.78, 5) is 4.47. The summed E-state index contributed by atoms with van der Waals surface area (Å²) in [5, 5.41) is 24.6. The van der Waals surface area contributed by atoms with Crippen molar-refractivity contribution in [3.63, 3.8) is 0 Å². The Balaban J connectivity index is 1.82. The molecule has 0 saturated carbocycles. The van der Waals surface area contributed by atoms with Gasteiger partial charge in [-0.3, -0.25) is 0 Å². The Hall–Kier alpha value is -2.53. The van der Waals surface area contributed by atoms with Gasteiger partial charge < -0.3 is 15.5 Å². The highest BCUT2D eigenvalue weighted by molar-refractivity contribution is 7.14. The normalized spacial score (nSPS) is 10.4. The van der Waals surface area contributed by atoms with Gasteiger partial charge >= 0.3 is 0 Å². The number of anilines is 2. The molecule has 0 aliphatic heterocycles. The lowest BCUT2D eigenvalue weighted by molar-refractivity contribution is 0.475. The van der Waals surface area contributed by atoms with Crippen molar-refractivity contribution in [1.82, 2.24) is 4.98 Å². The number of nitrogens with one attached hydrogen (secondary N) is 1. The first-order chi connectivity index (χ1) is 9.70. The van der Waals surface area contributed by atoms with E-state index in [0.717, 1.165) is 22.1 Å². The summed E-state index contributed by atoms with van der Waals surface area (Å²) in [7, 11) is 0. The van der Waals surface area contributed by atoms with Gasteiger partial charge in [-0.15, -0.1) is 11.3 Å². The van der Waals surface area contributed by atoms with Crippen LogP contribution in [0.2, 0.25) is 0 Å². The zero-order chi connectivity index (χ0) is 13.9. The van der Waals surface area contributed by atoms with Crippen LogP contribution in [0.4, 0.5) is 10.8 Å². The molecular formula is C15H12N2O2S. The van der Waals surface area contributed by atoms with E-state index in [-0.39, 0.29) is 11.5 Å².